The fraction of sp³-hybridized carbons (Fsp3) is 0.231. The molecule has 0 aliphatic carbocycles. The van der Waals surface area contributed by atoms with E-state index in [0.717, 1.165) is 12.0 Å². The Morgan fingerprint density at radius 3 is 2.63 bits per heavy atom. The van der Waals surface area contributed by atoms with E-state index in [1.54, 1.807) is 19.1 Å². The van der Waals surface area contributed by atoms with Gasteiger partial charge in [0.25, 0.3) is 5.91 Å². The van der Waals surface area contributed by atoms with Crippen molar-refractivity contribution in [3.8, 4) is 0 Å². The van der Waals surface area contributed by atoms with Crippen molar-refractivity contribution < 1.29 is 23.5 Å². The average Bonchev–Trinajstić information content (AvgIpc) is 2.96. The number of carbonyl (C=O) groups excluding carboxylic acids is 1. The number of amides is 1. The molecule has 0 aliphatic rings. The largest absolute Gasteiger partial charge is 0.478 e. The van der Waals surface area contributed by atoms with Crippen molar-refractivity contribution in [3.63, 3.8) is 0 Å². The highest BCUT2D eigenvalue weighted by Gasteiger charge is 2.18. The van der Waals surface area contributed by atoms with Gasteiger partial charge in [0.1, 0.15) is 17.8 Å². The molecule has 2 rings (SSSR count). The minimum atomic E-state index is -1.14. The van der Waals surface area contributed by atoms with Gasteiger partial charge in [0.2, 0.25) is 0 Å². The molecule has 6 heteroatoms. The van der Waals surface area contributed by atoms with Gasteiger partial charge < -0.3 is 19.3 Å². The molecule has 2 aromatic rings. The second-order valence-corrected chi connectivity index (χ2v) is 4.15. The molecule has 1 atom stereocenters. The summed E-state index contributed by atoms with van der Waals surface area (Å²) in [5.74, 6) is -0.308. The quantitative estimate of drug-likeness (QED) is 0.883. The first-order valence-electron chi connectivity index (χ1n) is 5.66. The van der Waals surface area contributed by atoms with Gasteiger partial charge in [-0.1, -0.05) is 0 Å². The highest BCUT2D eigenvalue weighted by atomic mass is 16.4. The van der Waals surface area contributed by atoms with E-state index in [9.17, 15) is 9.59 Å². The van der Waals surface area contributed by atoms with Gasteiger partial charge >= 0.3 is 5.97 Å². The van der Waals surface area contributed by atoms with E-state index in [4.69, 9.17) is 13.9 Å². The zero-order chi connectivity index (χ0) is 14.0. The maximum atomic E-state index is 11.8. The molecule has 100 valence electrons. The lowest BCUT2D eigenvalue weighted by atomic mass is 10.2. The van der Waals surface area contributed by atoms with Crippen molar-refractivity contribution >= 4 is 11.9 Å². The third kappa shape index (κ3) is 2.85. The number of hydrogen-bond donors (Lipinski definition) is 2. The van der Waals surface area contributed by atoms with Gasteiger partial charge in [-0.2, -0.15) is 0 Å². The molecule has 6 nitrogen and oxygen atoms in total. The van der Waals surface area contributed by atoms with Crippen LogP contribution in [0.15, 0.2) is 33.3 Å². The van der Waals surface area contributed by atoms with Crippen molar-refractivity contribution in [3.05, 3.63) is 47.3 Å². The predicted octanol–water partition coefficient (Wildman–Crippen LogP) is 2.37. The molecular formula is C13H13NO5. The number of carboxylic acids is 1. The predicted molar refractivity (Wildman–Crippen MR) is 65.0 cm³/mol. The summed E-state index contributed by atoms with van der Waals surface area (Å²) < 4.78 is 10.3. The first kappa shape index (κ1) is 12.9. The summed E-state index contributed by atoms with van der Waals surface area (Å²) in [5, 5.41) is 11.4. The molecule has 2 N–H and O–H groups in total. The van der Waals surface area contributed by atoms with Crippen LogP contribution in [0.5, 0.6) is 0 Å². The Hall–Kier alpha value is -2.50. The molecule has 1 amide bonds. The van der Waals surface area contributed by atoms with Gasteiger partial charge in [-0.15, -0.1) is 0 Å². The van der Waals surface area contributed by atoms with Gasteiger partial charge in [0, 0.05) is 6.07 Å². The Balaban J connectivity index is 2.06. The van der Waals surface area contributed by atoms with Crippen LogP contribution in [-0.4, -0.2) is 17.0 Å². The summed E-state index contributed by atoms with van der Waals surface area (Å²) in [6.45, 7) is 3.57. The molecule has 0 fully saturated rings. The van der Waals surface area contributed by atoms with Crippen molar-refractivity contribution in [1.29, 1.82) is 0 Å². The normalized spacial score (nSPS) is 12.1. The Morgan fingerprint density at radius 2 is 2.11 bits per heavy atom. The summed E-state index contributed by atoms with van der Waals surface area (Å²) in [7, 11) is 0. The molecule has 0 saturated heterocycles. The highest BCUT2D eigenvalue weighted by molar-refractivity contribution is 5.95. The molecule has 0 bridgehead atoms. The zero-order valence-corrected chi connectivity index (χ0v) is 10.5. The van der Waals surface area contributed by atoms with Crippen molar-refractivity contribution in [1.82, 2.24) is 5.32 Å². The maximum absolute atomic E-state index is 11.8. The van der Waals surface area contributed by atoms with E-state index >= 15 is 0 Å². The molecule has 0 saturated carbocycles. The molecule has 19 heavy (non-hydrogen) atoms. The molecule has 2 heterocycles. The Labute approximate surface area is 109 Å². The molecule has 1 unspecified atom stereocenters. The highest BCUT2D eigenvalue weighted by Crippen LogP contribution is 2.16. The van der Waals surface area contributed by atoms with Gasteiger partial charge in [-0.05, 0) is 26.0 Å². The topological polar surface area (TPSA) is 92.7 Å². The van der Waals surface area contributed by atoms with Crippen LogP contribution in [0.1, 0.15) is 45.4 Å². The Morgan fingerprint density at radius 1 is 1.37 bits per heavy atom. The molecular weight excluding hydrogens is 250 g/mol. The van der Waals surface area contributed by atoms with Crippen LogP contribution < -0.4 is 5.32 Å². The number of hydrogen-bond acceptors (Lipinski definition) is 4. The molecule has 0 aliphatic heterocycles. The summed E-state index contributed by atoms with van der Waals surface area (Å²) in [4.78, 5) is 22.5. The van der Waals surface area contributed by atoms with E-state index in [1.165, 1.54) is 6.07 Å². The summed E-state index contributed by atoms with van der Waals surface area (Å²) >= 11 is 0. The van der Waals surface area contributed by atoms with Gasteiger partial charge in [-0.3, -0.25) is 4.79 Å². The van der Waals surface area contributed by atoms with Crippen molar-refractivity contribution in [2.45, 2.75) is 19.9 Å². The summed E-state index contributed by atoms with van der Waals surface area (Å²) in [6.07, 6.45) is 1.03. The minimum absolute atomic E-state index is 0.0486. The number of carbonyl (C=O) groups is 2. The van der Waals surface area contributed by atoms with Crippen molar-refractivity contribution in [2.24, 2.45) is 0 Å². The molecule has 2 aromatic heterocycles. The van der Waals surface area contributed by atoms with Gasteiger partial charge in [0.15, 0.2) is 5.76 Å². The first-order chi connectivity index (χ1) is 8.97. The summed E-state index contributed by atoms with van der Waals surface area (Å²) in [6, 6.07) is 4.41. The fourth-order valence-electron chi connectivity index (χ4n) is 1.59. The number of furan rings is 2. The van der Waals surface area contributed by atoms with Gasteiger partial charge in [0.05, 0.1) is 11.6 Å². The monoisotopic (exact) mass is 263 g/mol. The number of aryl methyl sites for hydroxylation is 1. The van der Waals surface area contributed by atoms with Crippen LogP contribution in [0.25, 0.3) is 0 Å². The summed E-state index contributed by atoms with van der Waals surface area (Å²) in [5.41, 5.74) is -0.0633. The fourth-order valence-corrected chi connectivity index (χ4v) is 1.59. The molecule has 0 aromatic carbocycles. The van der Waals surface area contributed by atoms with E-state index in [-0.39, 0.29) is 17.4 Å². The maximum Gasteiger partial charge on any atom is 0.338 e. The second-order valence-electron chi connectivity index (χ2n) is 4.15. The van der Waals surface area contributed by atoms with Crippen LogP contribution in [0.3, 0.4) is 0 Å². The molecule has 0 radical (unpaired) electrons. The molecule has 0 spiro atoms. The lowest BCUT2D eigenvalue weighted by Gasteiger charge is -2.09. The lowest BCUT2D eigenvalue weighted by Crippen LogP contribution is -2.25. The van der Waals surface area contributed by atoms with Gasteiger partial charge in [-0.25, -0.2) is 4.79 Å². The number of rotatable bonds is 4. The first-order valence-corrected chi connectivity index (χ1v) is 5.66. The minimum Gasteiger partial charge on any atom is -0.478 e. The van der Waals surface area contributed by atoms with Crippen LogP contribution >= 0.6 is 0 Å². The van der Waals surface area contributed by atoms with Crippen LogP contribution in [-0.2, 0) is 0 Å². The van der Waals surface area contributed by atoms with E-state index in [0.29, 0.717) is 5.76 Å². The standard InChI is InChI=1S/C13H13NO5/c1-7-3-4-10(19-7)8(2)14-12(15)11-5-9(6-18-11)13(16)17/h3-6,8H,1-2H3,(H,14,15)(H,16,17). The van der Waals surface area contributed by atoms with Crippen LogP contribution in [0, 0.1) is 6.92 Å². The third-order valence-electron chi connectivity index (χ3n) is 2.61. The lowest BCUT2D eigenvalue weighted by molar-refractivity contribution is 0.0695. The van der Waals surface area contributed by atoms with Crippen LogP contribution in [0.4, 0.5) is 0 Å². The van der Waals surface area contributed by atoms with E-state index < -0.39 is 11.9 Å². The Bertz CT molecular complexity index is 610. The average molecular weight is 263 g/mol. The smallest absolute Gasteiger partial charge is 0.338 e. The number of aromatic carboxylic acids is 1. The van der Waals surface area contributed by atoms with Crippen LogP contribution in [0.2, 0.25) is 0 Å². The van der Waals surface area contributed by atoms with Crippen molar-refractivity contribution in [2.75, 3.05) is 0 Å². The SMILES string of the molecule is Cc1ccc(C(C)NC(=O)c2cc(C(=O)O)co2)o1. The number of nitrogens with one attached hydrogen (secondary N) is 1. The third-order valence-corrected chi connectivity index (χ3v) is 2.61. The zero-order valence-electron chi connectivity index (χ0n) is 10.5. The second kappa shape index (κ2) is 5.01. The number of carboxylic acid groups (broad SMARTS) is 1. The Kier molecular flexibility index (Phi) is 3.41. The van der Waals surface area contributed by atoms with E-state index in [2.05, 4.69) is 5.32 Å². The van der Waals surface area contributed by atoms with E-state index in [1.807, 2.05) is 6.92 Å².